The Bertz CT molecular complexity index is 600. The molecule has 1 aromatic rings. The van der Waals surface area contributed by atoms with Gasteiger partial charge >= 0.3 is 0 Å². The van der Waals surface area contributed by atoms with Crippen molar-refractivity contribution in [3.05, 3.63) is 81.4 Å². The zero-order chi connectivity index (χ0) is 13.1. The summed E-state index contributed by atoms with van der Waals surface area (Å²) in [5.41, 5.74) is 5.78. The first-order valence-corrected chi connectivity index (χ1v) is 7.57. The van der Waals surface area contributed by atoms with Crippen molar-refractivity contribution in [3.63, 3.8) is 0 Å². The lowest BCUT2D eigenvalue weighted by atomic mass is 10.00. The van der Waals surface area contributed by atoms with Crippen LogP contribution in [0.25, 0.3) is 0 Å². The van der Waals surface area contributed by atoms with E-state index >= 15 is 0 Å². The summed E-state index contributed by atoms with van der Waals surface area (Å²) in [7, 11) is 0. The van der Waals surface area contributed by atoms with Gasteiger partial charge in [-0.25, -0.2) is 0 Å². The highest BCUT2D eigenvalue weighted by Crippen LogP contribution is 2.26. The van der Waals surface area contributed by atoms with Crippen LogP contribution in [0, 0.1) is 0 Å². The fourth-order valence-corrected chi connectivity index (χ4v) is 3.16. The van der Waals surface area contributed by atoms with E-state index in [1.807, 2.05) is 0 Å². The molecule has 1 aromatic carbocycles. The highest BCUT2D eigenvalue weighted by Gasteiger charge is 2.07. The number of allylic oxidation sites excluding steroid dienone is 8. The molecule has 0 nitrogen and oxygen atoms in total. The Hall–Kier alpha value is -1.34. The largest absolute Gasteiger partial charge is 0.0804 e. The molecule has 0 saturated carbocycles. The van der Waals surface area contributed by atoms with Gasteiger partial charge in [-0.15, -0.1) is 0 Å². The first kappa shape index (κ1) is 12.7. The molecule has 0 heterocycles. The number of hydrogen-bond acceptors (Lipinski definition) is 0. The maximum Gasteiger partial charge on any atom is 0.0213 e. The monoisotopic (exact) mass is 312 g/mol. The fourth-order valence-electron chi connectivity index (χ4n) is 2.60. The van der Waals surface area contributed by atoms with E-state index in [-0.39, 0.29) is 0 Å². The SMILES string of the molecule is Brc1cc(CC2=CC=CC2)ccc1CC1=CC=CC1. The van der Waals surface area contributed by atoms with Gasteiger partial charge in [-0.1, -0.05) is 75.7 Å². The summed E-state index contributed by atoms with van der Waals surface area (Å²) >= 11 is 3.72. The summed E-state index contributed by atoms with van der Waals surface area (Å²) in [6, 6.07) is 6.81. The van der Waals surface area contributed by atoms with Crippen LogP contribution in [0.1, 0.15) is 24.0 Å². The molecule has 96 valence electrons. The minimum Gasteiger partial charge on any atom is -0.0804 e. The summed E-state index contributed by atoms with van der Waals surface area (Å²) in [6.07, 6.45) is 17.5. The van der Waals surface area contributed by atoms with Gasteiger partial charge in [-0.3, -0.25) is 0 Å². The molecule has 0 radical (unpaired) electrons. The molecule has 0 atom stereocenters. The quantitative estimate of drug-likeness (QED) is 0.707. The van der Waals surface area contributed by atoms with Crippen LogP contribution in [0.2, 0.25) is 0 Å². The summed E-state index contributed by atoms with van der Waals surface area (Å²) < 4.78 is 1.24. The summed E-state index contributed by atoms with van der Waals surface area (Å²) in [5, 5.41) is 0. The van der Waals surface area contributed by atoms with E-state index in [0.29, 0.717) is 0 Å². The molecule has 0 spiro atoms. The smallest absolute Gasteiger partial charge is 0.0213 e. The Kier molecular flexibility index (Phi) is 3.84. The van der Waals surface area contributed by atoms with E-state index in [0.717, 1.165) is 25.7 Å². The Labute approximate surface area is 123 Å². The normalized spacial score (nSPS) is 16.9. The molecular formula is C18H17Br. The van der Waals surface area contributed by atoms with E-state index in [9.17, 15) is 0 Å². The summed E-state index contributed by atoms with van der Waals surface area (Å²) in [4.78, 5) is 0. The summed E-state index contributed by atoms with van der Waals surface area (Å²) in [5.74, 6) is 0. The van der Waals surface area contributed by atoms with E-state index in [1.165, 1.54) is 26.7 Å². The molecule has 0 bridgehead atoms. The molecule has 0 aromatic heterocycles. The van der Waals surface area contributed by atoms with Gasteiger partial charge in [0.05, 0.1) is 0 Å². The second kappa shape index (κ2) is 5.75. The van der Waals surface area contributed by atoms with Gasteiger partial charge in [0, 0.05) is 4.47 Å². The lowest BCUT2D eigenvalue weighted by Gasteiger charge is -2.09. The predicted octanol–water partition coefficient (Wildman–Crippen LogP) is 5.31. The van der Waals surface area contributed by atoms with Crippen LogP contribution in [0.5, 0.6) is 0 Å². The first-order chi connectivity index (χ1) is 9.31. The van der Waals surface area contributed by atoms with Crippen molar-refractivity contribution >= 4 is 15.9 Å². The van der Waals surface area contributed by atoms with Gasteiger partial charge < -0.3 is 0 Å². The molecule has 0 unspecified atom stereocenters. The lowest BCUT2D eigenvalue weighted by Crippen LogP contribution is -1.93. The average molecular weight is 313 g/mol. The van der Waals surface area contributed by atoms with E-state index < -0.39 is 0 Å². The number of rotatable bonds is 4. The first-order valence-electron chi connectivity index (χ1n) is 6.78. The van der Waals surface area contributed by atoms with Crippen LogP contribution in [0.15, 0.2) is 70.3 Å². The molecule has 19 heavy (non-hydrogen) atoms. The van der Waals surface area contributed by atoms with Gasteiger partial charge in [0.2, 0.25) is 0 Å². The van der Waals surface area contributed by atoms with Crippen molar-refractivity contribution in [2.75, 3.05) is 0 Å². The van der Waals surface area contributed by atoms with Crippen LogP contribution >= 0.6 is 15.9 Å². The third kappa shape index (κ3) is 3.16. The van der Waals surface area contributed by atoms with Crippen LogP contribution in [0.4, 0.5) is 0 Å². The van der Waals surface area contributed by atoms with Crippen molar-refractivity contribution in [1.29, 1.82) is 0 Å². The zero-order valence-corrected chi connectivity index (χ0v) is 12.5. The number of halogens is 1. The maximum absolute atomic E-state index is 3.72. The Morgan fingerprint density at radius 2 is 1.58 bits per heavy atom. The molecule has 0 amide bonds. The molecular weight excluding hydrogens is 296 g/mol. The molecule has 0 aliphatic heterocycles. The fraction of sp³-hybridized carbons (Fsp3) is 0.222. The highest BCUT2D eigenvalue weighted by molar-refractivity contribution is 9.10. The highest BCUT2D eigenvalue weighted by atomic mass is 79.9. The minimum absolute atomic E-state index is 1.05. The van der Waals surface area contributed by atoms with Gasteiger partial charge in [0.1, 0.15) is 0 Å². The second-order valence-electron chi connectivity index (χ2n) is 5.19. The van der Waals surface area contributed by atoms with Gasteiger partial charge in [-0.05, 0) is 42.9 Å². The standard InChI is InChI=1S/C18H17Br/c19-18-13-16(11-14-5-1-2-6-14)9-10-17(18)12-15-7-3-4-8-15/h1-5,7,9-10,13H,6,8,11-12H2. The van der Waals surface area contributed by atoms with Crippen molar-refractivity contribution in [2.45, 2.75) is 25.7 Å². The average Bonchev–Trinajstić information content (AvgIpc) is 3.05. The lowest BCUT2D eigenvalue weighted by molar-refractivity contribution is 1.05. The number of hydrogen-bond donors (Lipinski definition) is 0. The van der Waals surface area contributed by atoms with Gasteiger partial charge in [0.25, 0.3) is 0 Å². The van der Waals surface area contributed by atoms with E-state index in [1.54, 1.807) is 0 Å². The molecule has 3 rings (SSSR count). The zero-order valence-electron chi connectivity index (χ0n) is 10.9. The Morgan fingerprint density at radius 3 is 2.16 bits per heavy atom. The van der Waals surface area contributed by atoms with Crippen molar-refractivity contribution < 1.29 is 0 Å². The van der Waals surface area contributed by atoms with E-state index in [4.69, 9.17) is 0 Å². The number of benzene rings is 1. The molecule has 0 N–H and O–H groups in total. The maximum atomic E-state index is 3.72. The van der Waals surface area contributed by atoms with Crippen LogP contribution in [-0.4, -0.2) is 0 Å². The van der Waals surface area contributed by atoms with Gasteiger partial charge in [-0.2, -0.15) is 0 Å². The molecule has 2 aliphatic carbocycles. The van der Waals surface area contributed by atoms with Crippen molar-refractivity contribution in [3.8, 4) is 0 Å². The Balaban J connectivity index is 1.70. The van der Waals surface area contributed by atoms with Crippen molar-refractivity contribution in [2.24, 2.45) is 0 Å². The van der Waals surface area contributed by atoms with Gasteiger partial charge in [0.15, 0.2) is 0 Å². The molecule has 0 saturated heterocycles. The van der Waals surface area contributed by atoms with Crippen LogP contribution < -0.4 is 0 Å². The Morgan fingerprint density at radius 1 is 0.895 bits per heavy atom. The summed E-state index contributed by atoms with van der Waals surface area (Å²) in [6.45, 7) is 0. The second-order valence-corrected chi connectivity index (χ2v) is 6.05. The predicted molar refractivity (Wildman–Crippen MR) is 85.2 cm³/mol. The molecule has 1 heteroatoms. The topological polar surface area (TPSA) is 0 Å². The van der Waals surface area contributed by atoms with Crippen LogP contribution in [-0.2, 0) is 12.8 Å². The van der Waals surface area contributed by atoms with E-state index in [2.05, 4.69) is 70.6 Å². The molecule has 0 fully saturated rings. The molecule has 2 aliphatic rings. The third-order valence-electron chi connectivity index (χ3n) is 3.66. The minimum atomic E-state index is 1.05. The third-order valence-corrected chi connectivity index (χ3v) is 4.40. The van der Waals surface area contributed by atoms with Crippen molar-refractivity contribution in [1.82, 2.24) is 0 Å². The van der Waals surface area contributed by atoms with Crippen LogP contribution in [0.3, 0.4) is 0 Å².